The van der Waals surface area contributed by atoms with Crippen LogP contribution >= 0.6 is 39.3 Å². The average molecular weight is 336 g/mol. The van der Waals surface area contributed by atoms with Gasteiger partial charge in [-0.3, -0.25) is 0 Å². The second kappa shape index (κ2) is 6.30. The SMILES string of the molecule is CSC1CCCCC1Nc1ncc(Cl)cc1Br. The van der Waals surface area contributed by atoms with Crippen molar-refractivity contribution >= 4 is 45.1 Å². The van der Waals surface area contributed by atoms with Crippen LogP contribution in [-0.4, -0.2) is 22.5 Å². The summed E-state index contributed by atoms with van der Waals surface area (Å²) in [4.78, 5) is 4.34. The summed E-state index contributed by atoms with van der Waals surface area (Å²) in [5.41, 5.74) is 0. The van der Waals surface area contributed by atoms with Crippen LogP contribution in [0.5, 0.6) is 0 Å². The zero-order valence-electron chi connectivity index (χ0n) is 9.75. The van der Waals surface area contributed by atoms with E-state index in [0.717, 1.165) is 10.3 Å². The Hall–Kier alpha value is 0.0700. The van der Waals surface area contributed by atoms with Gasteiger partial charge in [0.05, 0.1) is 9.50 Å². The molecule has 1 heterocycles. The van der Waals surface area contributed by atoms with Crippen molar-refractivity contribution < 1.29 is 0 Å². The van der Waals surface area contributed by atoms with Gasteiger partial charge < -0.3 is 5.32 Å². The first-order valence-corrected chi connectivity index (χ1v) is 8.27. The summed E-state index contributed by atoms with van der Waals surface area (Å²) in [6, 6.07) is 2.40. The van der Waals surface area contributed by atoms with Crippen molar-refractivity contribution in [3.05, 3.63) is 21.8 Å². The number of anilines is 1. The topological polar surface area (TPSA) is 24.9 Å². The van der Waals surface area contributed by atoms with Crippen molar-refractivity contribution in [2.75, 3.05) is 11.6 Å². The lowest BCUT2D eigenvalue weighted by atomic mass is 9.95. The highest BCUT2D eigenvalue weighted by atomic mass is 79.9. The van der Waals surface area contributed by atoms with Gasteiger partial charge in [0.15, 0.2) is 0 Å². The summed E-state index contributed by atoms with van der Waals surface area (Å²) >= 11 is 11.3. The molecule has 1 fully saturated rings. The Bertz CT molecular complexity index is 389. The van der Waals surface area contributed by atoms with Crippen molar-refractivity contribution in [3.8, 4) is 0 Å². The molecular weight excluding hydrogens is 320 g/mol. The number of nitrogens with zero attached hydrogens (tertiary/aromatic N) is 1. The Balaban J connectivity index is 2.08. The molecule has 1 aliphatic carbocycles. The van der Waals surface area contributed by atoms with Crippen LogP contribution in [0.15, 0.2) is 16.7 Å². The standard InChI is InChI=1S/C12H16BrClN2S/c1-17-11-5-3-2-4-10(11)16-12-9(13)6-8(14)7-15-12/h6-7,10-11H,2-5H2,1H3,(H,15,16). The molecule has 2 nitrogen and oxygen atoms in total. The first-order chi connectivity index (χ1) is 8.20. The lowest BCUT2D eigenvalue weighted by Gasteiger charge is -2.31. The summed E-state index contributed by atoms with van der Waals surface area (Å²) in [6.07, 6.45) is 9.05. The van der Waals surface area contributed by atoms with Gasteiger partial charge in [0.25, 0.3) is 0 Å². The lowest BCUT2D eigenvalue weighted by Crippen LogP contribution is -2.34. The minimum absolute atomic E-state index is 0.517. The third-order valence-corrected chi connectivity index (χ3v) is 5.12. The minimum atomic E-state index is 0.517. The van der Waals surface area contributed by atoms with E-state index in [2.05, 4.69) is 32.5 Å². The van der Waals surface area contributed by atoms with E-state index in [0.29, 0.717) is 16.3 Å². The summed E-state index contributed by atoms with van der Waals surface area (Å²) < 4.78 is 0.940. The number of hydrogen-bond acceptors (Lipinski definition) is 3. The zero-order chi connectivity index (χ0) is 12.3. The molecule has 0 saturated heterocycles. The molecule has 2 unspecified atom stereocenters. The number of thioether (sulfide) groups is 1. The number of pyridine rings is 1. The van der Waals surface area contributed by atoms with E-state index in [1.165, 1.54) is 25.7 Å². The van der Waals surface area contributed by atoms with E-state index in [1.807, 2.05) is 17.8 Å². The zero-order valence-corrected chi connectivity index (χ0v) is 12.9. The van der Waals surface area contributed by atoms with Crippen LogP contribution in [0, 0.1) is 0 Å². The summed E-state index contributed by atoms with van der Waals surface area (Å²) in [5, 5.41) is 4.89. The van der Waals surface area contributed by atoms with E-state index >= 15 is 0 Å². The molecule has 1 aliphatic rings. The first kappa shape index (κ1) is 13.5. The van der Waals surface area contributed by atoms with Gasteiger partial charge in [-0.2, -0.15) is 11.8 Å². The largest absolute Gasteiger partial charge is 0.365 e. The molecule has 2 atom stereocenters. The van der Waals surface area contributed by atoms with Crippen molar-refractivity contribution in [2.24, 2.45) is 0 Å². The summed E-state index contributed by atoms with van der Waals surface area (Å²) in [6.45, 7) is 0. The van der Waals surface area contributed by atoms with Crippen LogP contribution in [0.4, 0.5) is 5.82 Å². The van der Waals surface area contributed by atoms with Gasteiger partial charge in [0.2, 0.25) is 0 Å². The number of hydrogen-bond donors (Lipinski definition) is 1. The molecule has 1 saturated carbocycles. The van der Waals surface area contributed by atoms with E-state index < -0.39 is 0 Å². The predicted octanol–water partition coefficient (Wildman–Crippen LogP) is 4.58. The van der Waals surface area contributed by atoms with Crippen LogP contribution in [0.3, 0.4) is 0 Å². The van der Waals surface area contributed by atoms with Gasteiger partial charge in [-0.15, -0.1) is 0 Å². The molecular formula is C12H16BrClN2S. The van der Waals surface area contributed by atoms with Crippen molar-refractivity contribution in [3.63, 3.8) is 0 Å². The maximum Gasteiger partial charge on any atom is 0.140 e. The predicted molar refractivity (Wildman–Crippen MR) is 80.1 cm³/mol. The smallest absolute Gasteiger partial charge is 0.140 e. The van der Waals surface area contributed by atoms with Crippen LogP contribution < -0.4 is 5.32 Å². The van der Waals surface area contributed by atoms with Crippen LogP contribution in [0.25, 0.3) is 0 Å². The number of halogens is 2. The fourth-order valence-electron chi connectivity index (χ4n) is 2.24. The molecule has 0 amide bonds. The monoisotopic (exact) mass is 334 g/mol. The molecule has 1 aromatic heterocycles. The van der Waals surface area contributed by atoms with Gasteiger partial charge in [-0.1, -0.05) is 24.4 Å². The van der Waals surface area contributed by atoms with Gasteiger partial charge in [-0.25, -0.2) is 4.98 Å². The van der Waals surface area contributed by atoms with Crippen LogP contribution in [-0.2, 0) is 0 Å². The Morgan fingerprint density at radius 3 is 2.94 bits per heavy atom. The summed E-state index contributed by atoms with van der Waals surface area (Å²) in [5.74, 6) is 0.903. The Morgan fingerprint density at radius 1 is 1.47 bits per heavy atom. The fourth-order valence-corrected chi connectivity index (χ4v) is 3.93. The highest BCUT2D eigenvalue weighted by molar-refractivity contribution is 9.10. The minimum Gasteiger partial charge on any atom is -0.365 e. The molecule has 0 bridgehead atoms. The van der Waals surface area contributed by atoms with Crippen molar-refractivity contribution in [2.45, 2.75) is 37.0 Å². The van der Waals surface area contributed by atoms with Crippen LogP contribution in [0.1, 0.15) is 25.7 Å². The Morgan fingerprint density at radius 2 is 2.24 bits per heavy atom. The highest BCUT2D eigenvalue weighted by Gasteiger charge is 2.24. The average Bonchev–Trinajstić information content (AvgIpc) is 2.33. The number of rotatable bonds is 3. The fraction of sp³-hybridized carbons (Fsp3) is 0.583. The van der Waals surface area contributed by atoms with Crippen molar-refractivity contribution in [1.29, 1.82) is 0 Å². The van der Waals surface area contributed by atoms with E-state index in [9.17, 15) is 0 Å². The summed E-state index contributed by atoms with van der Waals surface area (Å²) in [7, 11) is 0. The quantitative estimate of drug-likeness (QED) is 0.875. The van der Waals surface area contributed by atoms with Crippen molar-refractivity contribution in [1.82, 2.24) is 4.98 Å². The molecule has 0 aromatic carbocycles. The molecule has 94 valence electrons. The Kier molecular flexibility index (Phi) is 5.00. The number of nitrogens with one attached hydrogen (secondary N) is 1. The van der Waals surface area contributed by atoms with Gasteiger partial charge in [0.1, 0.15) is 5.82 Å². The molecule has 2 rings (SSSR count). The second-order valence-electron chi connectivity index (χ2n) is 4.29. The van der Waals surface area contributed by atoms with E-state index in [4.69, 9.17) is 11.6 Å². The second-order valence-corrected chi connectivity index (χ2v) is 6.66. The molecule has 1 N–H and O–H groups in total. The van der Waals surface area contributed by atoms with E-state index in [1.54, 1.807) is 6.20 Å². The number of aromatic nitrogens is 1. The molecule has 17 heavy (non-hydrogen) atoms. The lowest BCUT2D eigenvalue weighted by molar-refractivity contribution is 0.474. The van der Waals surface area contributed by atoms with Gasteiger partial charge in [-0.05, 0) is 41.1 Å². The Labute approximate surface area is 120 Å². The highest BCUT2D eigenvalue weighted by Crippen LogP contribution is 2.31. The molecule has 1 aromatic rings. The molecule has 0 radical (unpaired) electrons. The molecule has 0 spiro atoms. The molecule has 0 aliphatic heterocycles. The molecule has 5 heteroatoms. The van der Waals surface area contributed by atoms with Crippen LogP contribution in [0.2, 0.25) is 5.02 Å². The maximum absolute atomic E-state index is 5.89. The van der Waals surface area contributed by atoms with Gasteiger partial charge in [0, 0.05) is 17.5 Å². The van der Waals surface area contributed by atoms with E-state index in [-0.39, 0.29) is 0 Å². The maximum atomic E-state index is 5.89. The normalized spacial score (nSPS) is 24.6. The third-order valence-electron chi connectivity index (χ3n) is 3.14. The third kappa shape index (κ3) is 3.52. The first-order valence-electron chi connectivity index (χ1n) is 5.81. The van der Waals surface area contributed by atoms with Gasteiger partial charge >= 0.3 is 0 Å².